The van der Waals surface area contributed by atoms with E-state index >= 15 is 0 Å². The molecule has 3 aliphatic rings. The van der Waals surface area contributed by atoms with E-state index in [9.17, 15) is 15.0 Å². The molecule has 34 heavy (non-hydrogen) atoms. The Balaban J connectivity index is 1.83. The van der Waals surface area contributed by atoms with Gasteiger partial charge >= 0.3 is 5.97 Å². The predicted molar refractivity (Wildman–Crippen MR) is 140 cm³/mol. The van der Waals surface area contributed by atoms with Crippen LogP contribution in [-0.4, -0.2) is 46.2 Å². The fourth-order valence-electron chi connectivity index (χ4n) is 5.84. The Morgan fingerprint density at radius 2 is 1.74 bits per heavy atom. The number of fused-ring (bicyclic) bond motifs is 2. The highest BCUT2D eigenvalue weighted by Crippen LogP contribution is 2.61. The zero-order valence-corrected chi connectivity index (χ0v) is 22.7. The van der Waals surface area contributed by atoms with Crippen molar-refractivity contribution in [3.05, 3.63) is 12.2 Å². The molecule has 0 spiro atoms. The van der Waals surface area contributed by atoms with Crippen molar-refractivity contribution in [1.29, 1.82) is 0 Å². The predicted octanol–water partition coefficient (Wildman–Crippen LogP) is 6.26. The molecule has 196 valence electrons. The minimum atomic E-state index is -1.05. The molecule has 3 saturated carbocycles. The average Bonchev–Trinajstić information content (AvgIpc) is 2.75. The maximum Gasteiger partial charge on any atom is 0.333 e. The lowest BCUT2D eigenvalue weighted by molar-refractivity contribution is -0.147. The number of nitrogens with zero attached hydrogens (tertiary/aromatic N) is 1. The summed E-state index contributed by atoms with van der Waals surface area (Å²) in [5, 5.41) is 22.0. The molecule has 3 fully saturated rings. The first-order chi connectivity index (χ1) is 16.0. The van der Waals surface area contributed by atoms with E-state index in [1.54, 1.807) is 13.0 Å². The summed E-state index contributed by atoms with van der Waals surface area (Å²) in [5.41, 5.74) is -0.345. The Labute approximate surface area is 208 Å². The molecule has 3 aliphatic carbocycles. The summed E-state index contributed by atoms with van der Waals surface area (Å²) in [6, 6.07) is -1.02. The first-order valence-corrected chi connectivity index (χ1v) is 13.8. The molecule has 2 N–H and O–H groups in total. The normalized spacial score (nSPS) is 28.8. The first-order valence-electron chi connectivity index (χ1n) is 13.8. The van der Waals surface area contributed by atoms with Crippen LogP contribution in [-0.2, 0) is 9.53 Å². The van der Waals surface area contributed by atoms with Crippen LogP contribution in [0.4, 0.5) is 0 Å². The zero-order valence-electron chi connectivity index (χ0n) is 22.7. The fourth-order valence-corrected chi connectivity index (χ4v) is 5.84. The number of rotatable bonds is 15. The van der Waals surface area contributed by atoms with E-state index in [0.717, 1.165) is 25.2 Å². The molecule has 5 nitrogen and oxygen atoms in total. The van der Waals surface area contributed by atoms with E-state index < -0.39 is 23.7 Å². The third-order valence-electron chi connectivity index (χ3n) is 8.31. The molecular formula is C29H51NO4. The molecule has 0 amide bonds. The second-order valence-corrected chi connectivity index (χ2v) is 11.8. The van der Waals surface area contributed by atoms with Crippen LogP contribution in [0, 0.1) is 23.2 Å². The number of allylic oxidation sites excluding steroid dienone is 1. The fraction of sp³-hybridized carbons (Fsp3) is 0.862. The van der Waals surface area contributed by atoms with Crippen LogP contribution in [0.15, 0.2) is 17.1 Å². The van der Waals surface area contributed by atoms with Crippen LogP contribution in [0.3, 0.4) is 0 Å². The smallest absolute Gasteiger partial charge is 0.333 e. The van der Waals surface area contributed by atoms with E-state index in [2.05, 4.69) is 32.7 Å². The van der Waals surface area contributed by atoms with Gasteiger partial charge in [-0.1, -0.05) is 84.8 Å². The van der Waals surface area contributed by atoms with Gasteiger partial charge in [0.05, 0.1) is 6.61 Å². The van der Waals surface area contributed by atoms with Gasteiger partial charge in [-0.2, -0.15) is 0 Å². The van der Waals surface area contributed by atoms with Gasteiger partial charge in [-0.25, -0.2) is 4.79 Å². The molecule has 0 aromatic heterocycles. The van der Waals surface area contributed by atoms with Crippen LogP contribution in [0.25, 0.3) is 0 Å². The largest absolute Gasteiger partial charge is 0.464 e. The van der Waals surface area contributed by atoms with Gasteiger partial charge in [0.15, 0.2) is 6.04 Å². The number of aliphatic hydroxyl groups excluding tert-OH is 1. The van der Waals surface area contributed by atoms with Crippen molar-refractivity contribution in [1.82, 2.24) is 0 Å². The number of aliphatic hydroxyl groups is 2. The van der Waals surface area contributed by atoms with Crippen LogP contribution < -0.4 is 0 Å². The maximum absolute atomic E-state index is 12.6. The highest BCUT2D eigenvalue weighted by Gasteiger charge is 2.61. The van der Waals surface area contributed by atoms with Crippen molar-refractivity contribution < 1.29 is 19.7 Å². The molecule has 0 aliphatic heterocycles. The Morgan fingerprint density at radius 3 is 2.29 bits per heavy atom. The number of carbonyl (C=O) groups excluding carboxylic acids is 1. The monoisotopic (exact) mass is 477 g/mol. The number of aliphatic imine (C=N–C) groups is 1. The van der Waals surface area contributed by atoms with Crippen LogP contribution in [0.1, 0.15) is 112 Å². The van der Waals surface area contributed by atoms with Gasteiger partial charge in [-0.05, 0) is 62.7 Å². The van der Waals surface area contributed by atoms with Crippen LogP contribution in [0.2, 0.25) is 0 Å². The van der Waals surface area contributed by atoms with Gasteiger partial charge in [0, 0.05) is 5.71 Å². The van der Waals surface area contributed by atoms with Crippen LogP contribution >= 0.6 is 0 Å². The van der Waals surface area contributed by atoms with Crippen molar-refractivity contribution in [2.24, 2.45) is 28.2 Å². The summed E-state index contributed by atoms with van der Waals surface area (Å²) in [6.07, 6.45) is 15.3. The van der Waals surface area contributed by atoms with E-state index in [-0.39, 0.29) is 17.9 Å². The van der Waals surface area contributed by atoms with Crippen molar-refractivity contribution in [3.63, 3.8) is 0 Å². The standard InChI is InChI=1S/C29H51NO4/c1-7-34-27(32)26(30-25-20-22-19-24(28(22,4)5)29(25,6)33)23(31)18-16-14-12-10-8-9-11-13-15-17-21(2)3/h16,18,21-24,26,31,33H,7-15,17,19-20H2,1-6H3/b18-16+,30-25?/t22-,23-,24-,26-,29-/m1/s1. The Bertz CT molecular complexity index is 694. The van der Waals surface area contributed by atoms with Gasteiger partial charge in [0.2, 0.25) is 0 Å². The second-order valence-electron chi connectivity index (χ2n) is 11.8. The topological polar surface area (TPSA) is 79.1 Å². The quantitative estimate of drug-likeness (QED) is 0.166. The molecule has 3 rings (SSSR count). The highest BCUT2D eigenvalue weighted by molar-refractivity contribution is 5.96. The Hall–Kier alpha value is -1.20. The Morgan fingerprint density at radius 1 is 1.12 bits per heavy atom. The van der Waals surface area contributed by atoms with E-state index in [1.165, 1.54) is 44.9 Å². The summed E-state index contributed by atoms with van der Waals surface area (Å²) >= 11 is 0. The summed E-state index contributed by atoms with van der Waals surface area (Å²) < 4.78 is 5.20. The minimum Gasteiger partial charge on any atom is -0.464 e. The lowest BCUT2D eigenvalue weighted by Crippen LogP contribution is -2.65. The van der Waals surface area contributed by atoms with E-state index in [1.807, 2.05) is 13.0 Å². The van der Waals surface area contributed by atoms with E-state index in [4.69, 9.17) is 4.74 Å². The van der Waals surface area contributed by atoms with Gasteiger partial charge in [0.1, 0.15) is 11.7 Å². The lowest BCUT2D eigenvalue weighted by atomic mass is 9.44. The molecule has 0 aromatic rings. The molecule has 5 atom stereocenters. The van der Waals surface area contributed by atoms with Gasteiger partial charge < -0.3 is 14.9 Å². The number of carbonyl (C=O) groups is 1. The molecule has 2 bridgehead atoms. The number of unbranched alkanes of at least 4 members (excludes halogenated alkanes) is 7. The van der Waals surface area contributed by atoms with Crippen molar-refractivity contribution in [2.75, 3.05) is 6.61 Å². The molecule has 0 saturated heterocycles. The third-order valence-corrected chi connectivity index (χ3v) is 8.31. The van der Waals surface area contributed by atoms with Crippen molar-refractivity contribution in [3.8, 4) is 0 Å². The zero-order chi connectivity index (χ0) is 25.4. The minimum absolute atomic E-state index is 0.0779. The van der Waals surface area contributed by atoms with Crippen LogP contribution in [0.5, 0.6) is 0 Å². The maximum atomic E-state index is 12.6. The second kappa shape index (κ2) is 13.2. The summed E-state index contributed by atoms with van der Waals surface area (Å²) in [7, 11) is 0. The van der Waals surface area contributed by atoms with Gasteiger partial charge in [-0.3, -0.25) is 4.99 Å². The molecule has 0 unspecified atom stereocenters. The number of hydrogen-bond acceptors (Lipinski definition) is 5. The molecule has 0 heterocycles. The summed E-state index contributed by atoms with van der Waals surface area (Å²) in [4.78, 5) is 17.2. The first kappa shape index (κ1) is 29.0. The van der Waals surface area contributed by atoms with E-state index in [0.29, 0.717) is 18.1 Å². The molecule has 5 heteroatoms. The summed E-state index contributed by atoms with van der Waals surface area (Å²) in [6.45, 7) is 12.8. The highest BCUT2D eigenvalue weighted by atomic mass is 16.5. The molecule has 0 radical (unpaired) electrons. The number of hydrogen-bond donors (Lipinski definition) is 2. The number of esters is 1. The van der Waals surface area contributed by atoms with Crippen molar-refractivity contribution >= 4 is 11.7 Å². The summed E-state index contributed by atoms with van der Waals surface area (Å²) in [5.74, 6) is 0.870. The average molecular weight is 478 g/mol. The third kappa shape index (κ3) is 7.65. The molecule has 0 aromatic carbocycles. The van der Waals surface area contributed by atoms with Crippen molar-refractivity contribution in [2.45, 2.75) is 130 Å². The lowest BCUT2D eigenvalue weighted by Gasteiger charge is -2.62. The molecular weight excluding hydrogens is 426 g/mol. The van der Waals surface area contributed by atoms with Gasteiger partial charge in [0.25, 0.3) is 0 Å². The van der Waals surface area contributed by atoms with Gasteiger partial charge in [-0.15, -0.1) is 0 Å². The Kier molecular flexibility index (Phi) is 11.3. The SMILES string of the molecule is CCOC(=O)[C@H](N=C1C[C@H]2C[C@H](C2(C)C)[C@@]1(C)O)[C@H](O)/C=C/CCCCCCCCCC(C)C. The number of ether oxygens (including phenoxy) is 1.